The van der Waals surface area contributed by atoms with Gasteiger partial charge in [0.2, 0.25) is 11.8 Å². The lowest BCUT2D eigenvalue weighted by molar-refractivity contribution is -0.117. The van der Waals surface area contributed by atoms with E-state index in [0.29, 0.717) is 12.2 Å². The molecular formula is C18H18FN3O2. The number of carbonyl (C=O) groups is 2. The lowest BCUT2D eigenvalue weighted by Crippen LogP contribution is -2.34. The first kappa shape index (κ1) is 16.0. The molecule has 0 atom stereocenters. The Bertz CT molecular complexity index is 792. The summed E-state index contributed by atoms with van der Waals surface area (Å²) < 4.78 is 13.6. The van der Waals surface area contributed by atoms with Crippen LogP contribution in [-0.2, 0) is 16.0 Å². The molecule has 0 saturated carbocycles. The molecule has 0 unspecified atom stereocenters. The van der Waals surface area contributed by atoms with E-state index in [9.17, 15) is 14.0 Å². The van der Waals surface area contributed by atoms with Gasteiger partial charge in [0.1, 0.15) is 5.82 Å². The molecule has 2 amide bonds. The van der Waals surface area contributed by atoms with Gasteiger partial charge in [0.15, 0.2) is 0 Å². The van der Waals surface area contributed by atoms with Gasteiger partial charge in [0.25, 0.3) is 0 Å². The third-order valence-corrected chi connectivity index (χ3v) is 3.91. The SMILES string of the molecule is CC(=O)Nc1cc(NCC(=O)N2CCc3ccccc32)ccc1F. The first-order valence-electron chi connectivity index (χ1n) is 7.74. The zero-order chi connectivity index (χ0) is 17.1. The molecule has 6 heteroatoms. The molecule has 3 rings (SSSR count). The molecular weight excluding hydrogens is 309 g/mol. The summed E-state index contributed by atoms with van der Waals surface area (Å²) in [5.41, 5.74) is 2.77. The molecule has 124 valence electrons. The minimum Gasteiger partial charge on any atom is -0.376 e. The number of hydrogen-bond donors (Lipinski definition) is 2. The Kier molecular flexibility index (Phi) is 4.46. The summed E-state index contributed by atoms with van der Waals surface area (Å²) in [4.78, 5) is 25.3. The molecule has 0 saturated heterocycles. The molecule has 2 N–H and O–H groups in total. The highest BCUT2D eigenvalue weighted by atomic mass is 19.1. The Balaban J connectivity index is 1.66. The lowest BCUT2D eigenvalue weighted by Gasteiger charge is -2.18. The van der Waals surface area contributed by atoms with Gasteiger partial charge in [-0.2, -0.15) is 0 Å². The molecule has 2 aromatic carbocycles. The van der Waals surface area contributed by atoms with Gasteiger partial charge in [-0.3, -0.25) is 9.59 Å². The molecule has 0 fully saturated rings. The lowest BCUT2D eigenvalue weighted by atomic mass is 10.2. The Hall–Kier alpha value is -2.89. The topological polar surface area (TPSA) is 61.4 Å². The summed E-state index contributed by atoms with van der Waals surface area (Å²) in [6.07, 6.45) is 0.852. The molecule has 0 aromatic heterocycles. The van der Waals surface area contributed by atoms with Crippen molar-refractivity contribution in [1.82, 2.24) is 0 Å². The summed E-state index contributed by atoms with van der Waals surface area (Å²) >= 11 is 0. The number of anilines is 3. The van der Waals surface area contributed by atoms with E-state index in [4.69, 9.17) is 0 Å². The number of nitrogens with one attached hydrogen (secondary N) is 2. The van der Waals surface area contributed by atoms with Crippen LogP contribution in [0.1, 0.15) is 12.5 Å². The zero-order valence-corrected chi connectivity index (χ0v) is 13.3. The average Bonchev–Trinajstić information content (AvgIpc) is 2.99. The Morgan fingerprint density at radius 3 is 2.79 bits per heavy atom. The predicted octanol–water partition coefficient (Wildman–Crippen LogP) is 2.79. The van der Waals surface area contributed by atoms with E-state index in [1.807, 2.05) is 24.3 Å². The van der Waals surface area contributed by atoms with E-state index < -0.39 is 5.82 Å². The van der Waals surface area contributed by atoms with Gasteiger partial charge in [0, 0.05) is 24.8 Å². The van der Waals surface area contributed by atoms with Crippen LogP contribution in [0, 0.1) is 5.82 Å². The number of hydrogen-bond acceptors (Lipinski definition) is 3. The van der Waals surface area contributed by atoms with Gasteiger partial charge in [0.05, 0.1) is 12.2 Å². The molecule has 0 aliphatic carbocycles. The van der Waals surface area contributed by atoms with E-state index >= 15 is 0 Å². The third kappa shape index (κ3) is 3.37. The average molecular weight is 327 g/mol. The number of amides is 2. The Morgan fingerprint density at radius 2 is 2.00 bits per heavy atom. The largest absolute Gasteiger partial charge is 0.376 e. The summed E-state index contributed by atoms with van der Waals surface area (Å²) in [5.74, 6) is -0.920. The maximum Gasteiger partial charge on any atom is 0.246 e. The number of nitrogens with zero attached hydrogens (tertiary/aromatic N) is 1. The maximum atomic E-state index is 13.6. The Morgan fingerprint density at radius 1 is 1.21 bits per heavy atom. The number of rotatable bonds is 4. The summed E-state index contributed by atoms with van der Waals surface area (Å²) in [5, 5.41) is 5.40. The molecule has 2 aromatic rings. The van der Waals surface area contributed by atoms with Crippen molar-refractivity contribution in [3.8, 4) is 0 Å². The molecule has 1 aliphatic rings. The van der Waals surface area contributed by atoms with Gasteiger partial charge in [-0.15, -0.1) is 0 Å². The minimum absolute atomic E-state index is 0.0506. The van der Waals surface area contributed by atoms with Gasteiger partial charge >= 0.3 is 0 Å². The number of benzene rings is 2. The van der Waals surface area contributed by atoms with Crippen LogP contribution >= 0.6 is 0 Å². The molecule has 1 heterocycles. The number of para-hydroxylation sites is 1. The number of halogens is 1. The summed E-state index contributed by atoms with van der Waals surface area (Å²) in [6.45, 7) is 2.08. The first-order chi connectivity index (χ1) is 11.5. The van der Waals surface area contributed by atoms with Crippen molar-refractivity contribution in [2.24, 2.45) is 0 Å². The van der Waals surface area contributed by atoms with Crippen LogP contribution in [0.5, 0.6) is 0 Å². The van der Waals surface area contributed by atoms with Crippen molar-refractivity contribution >= 4 is 28.9 Å². The van der Waals surface area contributed by atoms with E-state index in [0.717, 1.165) is 12.1 Å². The molecule has 0 spiro atoms. The fourth-order valence-corrected chi connectivity index (χ4v) is 2.79. The van der Waals surface area contributed by atoms with Crippen LogP contribution in [0.15, 0.2) is 42.5 Å². The van der Waals surface area contributed by atoms with Crippen LogP contribution in [0.2, 0.25) is 0 Å². The van der Waals surface area contributed by atoms with Crippen LogP contribution in [-0.4, -0.2) is 24.9 Å². The highest BCUT2D eigenvalue weighted by molar-refractivity contribution is 5.98. The van der Waals surface area contributed by atoms with Crippen LogP contribution in [0.3, 0.4) is 0 Å². The molecule has 0 radical (unpaired) electrons. The molecule has 24 heavy (non-hydrogen) atoms. The minimum atomic E-state index is -0.518. The maximum absolute atomic E-state index is 13.6. The quantitative estimate of drug-likeness (QED) is 0.908. The van der Waals surface area contributed by atoms with E-state index in [-0.39, 0.29) is 24.0 Å². The van der Waals surface area contributed by atoms with Crippen LogP contribution in [0.25, 0.3) is 0 Å². The monoisotopic (exact) mass is 327 g/mol. The fourth-order valence-electron chi connectivity index (χ4n) is 2.79. The second-order valence-electron chi connectivity index (χ2n) is 5.65. The van der Waals surface area contributed by atoms with Gasteiger partial charge in [-0.05, 0) is 36.2 Å². The van der Waals surface area contributed by atoms with E-state index in [1.54, 1.807) is 4.90 Å². The highest BCUT2D eigenvalue weighted by Gasteiger charge is 2.23. The standard InChI is InChI=1S/C18H18FN3O2/c1-12(23)21-16-10-14(6-7-15(16)19)20-11-18(24)22-9-8-13-4-2-3-5-17(13)22/h2-7,10,20H,8-9,11H2,1H3,(H,21,23). The smallest absolute Gasteiger partial charge is 0.246 e. The highest BCUT2D eigenvalue weighted by Crippen LogP contribution is 2.27. The van der Waals surface area contributed by atoms with Gasteiger partial charge < -0.3 is 15.5 Å². The fraction of sp³-hybridized carbons (Fsp3) is 0.222. The van der Waals surface area contributed by atoms with Crippen molar-refractivity contribution in [3.63, 3.8) is 0 Å². The van der Waals surface area contributed by atoms with E-state index in [1.165, 1.54) is 30.7 Å². The molecule has 5 nitrogen and oxygen atoms in total. The van der Waals surface area contributed by atoms with Gasteiger partial charge in [-0.25, -0.2) is 4.39 Å². The van der Waals surface area contributed by atoms with Crippen LogP contribution in [0.4, 0.5) is 21.5 Å². The first-order valence-corrected chi connectivity index (χ1v) is 7.74. The van der Waals surface area contributed by atoms with Crippen molar-refractivity contribution in [2.45, 2.75) is 13.3 Å². The van der Waals surface area contributed by atoms with Crippen molar-refractivity contribution in [2.75, 3.05) is 28.6 Å². The van der Waals surface area contributed by atoms with E-state index in [2.05, 4.69) is 10.6 Å². The summed E-state index contributed by atoms with van der Waals surface area (Å²) in [6, 6.07) is 12.1. The molecule has 1 aliphatic heterocycles. The number of fused-ring (bicyclic) bond motifs is 1. The number of carbonyl (C=O) groups excluding carboxylic acids is 2. The van der Waals surface area contributed by atoms with Crippen LogP contribution < -0.4 is 15.5 Å². The normalized spacial score (nSPS) is 12.7. The van der Waals surface area contributed by atoms with Gasteiger partial charge in [-0.1, -0.05) is 18.2 Å². The molecule has 0 bridgehead atoms. The van der Waals surface area contributed by atoms with Crippen molar-refractivity contribution < 1.29 is 14.0 Å². The van der Waals surface area contributed by atoms with Crippen molar-refractivity contribution in [1.29, 1.82) is 0 Å². The second kappa shape index (κ2) is 6.70. The Labute approximate surface area is 139 Å². The summed E-state index contributed by atoms with van der Waals surface area (Å²) in [7, 11) is 0. The zero-order valence-electron chi connectivity index (χ0n) is 13.3. The van der Waals surface area contributed by atoms with Crippen molar-refractivity contribution in [3.05, 3.63) is 53.8 Å². The predicted molar refractivity (Wildman–Crippen MR) is 91.7 cm³/mol. The third-order valence-electron chi connectivity index (χ3n) is 3.91. The second-order valence-corrected chi connectivity index (χ2v) is 5.65.